The normalized spacial score (nSPS) is 21.3. The average Bonchev–Trinajstić information content (AvgIpc) is 2.31. The second-order valence-corrected chi connectivity index (χ2v) is 5.50. The SMILES string of the molecule is O=C(O)N[C@H]1CCc2cccc(I)c2[C@H]1NC(=O)O. The zero-order valence-corrected chi connectivity index (χ0v) is 12.0. The number of carboxylic acid groups (broad SMARTS) is 2. The molecule has 2 rings (SSSR count). The first kappa shape index (κ1) is 13.9. The summed E-state index contributed by atoms with van der Waals surface area (Å²) in [6.07, 6.45) is -0.995. The van der Waals surface area contributed by atoms with Crippen molar-refractivity contribution in [2.75, 3.05) is 0 Å². The van der Waals surface area contributed by atoms with Gasteiger partial charge in [-0.3, -0.25) is 0 Å². The van der Waals surface area contributed by atoms with Gasteiger partial charge in [-0.05, 0) is 52.6 Å². The highest BCUT2D eigenvalue weighted by Gasteiger charge is 2.33. The fourth-order valence-electron chi connectivity index (χ4n) is 2.45. The molecule has 0 spiro atoms. The molecule has 7 heteroatoms. The third kappa shape index (κ3) is 3.09. The lowest BCUT2D eigenvalue weighted by Gasteiger charge is -2.34. The van der Waals surface area contributed by atoms with E-state index < -0.39 is 24.3 Å². The molecule has 1 aliphatic carbocycles. The predicted octanol–water partition coefficient (Wildman–Crippen LogP) is 2.18. The van der Waals surface area contributed by atoms with Crippen LogP contribution >= 0.6 is 22.6 Å². The molecule has 0 bridgehead atoms. The van der Waals surface area contributed by atoms with Crippen LogP contribution in [0.1, 0.15) is 23.6 Å². The van der Waals surface area contributed by atoms with E-state index in [1.807, 2.05) is 18.2 Å². The molecule has 6 nitrogen and oxygen atoms in total. The number of hydrogen-bond acceptors (Lipinski definition) is 2. The van der Waals surface area contributed by atoms with Crippen molar-refractivity contribution >= 4 is 34.8 Å². The molecule has 2 amide bonds. The van der Waals surface area contributed by atoms with E-state index >= 15 is 0 Å². The van der Waals surface area contributed by atoms with Crippen LogP contribution in [0.2, 0.25) is 0 Å². The Hall–Kier alpha value is -1.51. The maximum atomic E-state index is 10.9. The Morgan fingerprint density at radius 1 is 1.21 bits per heavy atom. The molecule has 2 atom stereocenters. The minimum atomic E-state index is -1.16. The third-order valence-electron chi connectivity index (χ3n) is 3.17. The second-order valence-electron chi connectivity index (χ2n) is 4.33. The largest absolute Gasteiger partial charge is 0.465 e. The lowest BCUT2D eigenvalue weighted by atomic mass is 9.84. The summed E-state index contributed by atoms with van der Waals surface area (Å²) < 4.78 is 0.936. The van der Waals surface area contributed by atoms with Crippen LogP contribution in [0.5, 0.6) is 0 Å². The van der Waals surface area contributed by atoms with Gasteiger partial charge in [-0.1, -0.05) is 12.1 Å². The van der Waals surface area contributed by atoms with E-state index in [9.17, 15) is 9.59 Å². The van der Waals surface area contributed by atoms with E-state index in [2.05, 4.69) is 33.2 Å². The van der Waals surface area contributed by atoms with Gasteiger partial charge in [0.2, 0.25) is 0 Å². The van der Waals surface area contributed by atoms with Crippen LogP contribution in [0, 0.1) is 3.57 Å². The Balaban J connectivity index is 2.39. The van der Waals surface area contributed by atoms with Gasteiger partial charge in [0.1, 0.15) is 0 Å². The van der Waals surface area contributed by atoms with E-state index in [0.717, 1.165) is 21.1 Å². The maximum Gasteiger partial charge on any atom is 0.405 e. The van der Waals surface area contributed by atoms with E-state index in [0.29, 0.717) is 6.42 Å². The molecular formula is C12H13IN2O4. The van der Waals surface area contributed by atoms with Crippen LogP contribution in [0.4, 0.5) is 9.59 Å². The summed E-state index contributed by atoms with van der Waals surface area (Å²) in [6, 6.07) is 4.76. The number of fused-ring (bicyclic) bond motifs is 1. The Morgan fingerprint density at radius 2 is 1.89 bits per heavy atom. The highest BCUT2D eigenvalue weighted by molar-refractivity contribution is 14.1. The smallest absolute Gasteiger partial charge is 0.405 e. The summed E-state index contributed by atoms with van der Waals surface area (Å²) >= 11 is 2.14. The van der Waals surface area contributed by atoms with Crippen molar-refractivity contribution in [3.05, 3.63) is 32.9 Å². The highest BCUT2D eigenvalue weighted by atomic mass is 127. The summed E-state index contributed by atoms with van der Waals surface area (Å²) in [5, 5.41) is 22.6. The van der Waals surface area contributed by atoms with Gasteiger partial charge < -0.3 is 20.8 Å². The van der Waals surface area contributed by atoms with E-state index in [4.69, 9.17) is 10.2 Å². The van der Waals surface area contributed by atoms with Gasteiger partial charge in [0.25, 0.3) is 0 Å². The van der Waals surface area contributed by atoms with Gasteiger partial charge >= 0.3 is 12.2 Å². The molecule has 0 saturated carbocycles. The zero-order valence-electron chi connectivity index (χ0n) is 9.89. The number of hydrogen-bond donors (Lipinski definition) is 4. The summed E-state index contributed by atoms with van der Waals surface area (Å²) in [5.41, 5.74) is 1.93. The third-order valence-corrected chi connectivity index (χ3v) is 4.11. The molecule has 0 aromatic heterocycles. The van der Waals surface area contributed by atoms with Crippen molar-refractivity contribution in [2.45, 2.75) is 24.9 Å². The molecule has 0 aliphatic heterocycles. The summed E-state index contributed by atoms with van der Waals surface area (Å²) in [4.78, 5) is 21.7. The van der Waals surface area contributed by atoms with Crippen molar-refractivity contribution in [1.29, 1.82) is 0 Å². The van der Waals surface area contributed by atoms with Crippen LogP contribution in [0.15, 0.2) is 18.2 Å². The van der Waals surface area contributed by atoms with Crippen LogP contribution in [0.3, 0.4) is 0 Å². The van der Waals surface area contributed by atoms with E-state index in [-0.39, 0.29) is 0 Å². The monoisotopic (exact) mass is 376 g/mol. The van der Waals surface area contributed by atoms with Crippen LogP contribution in [-0.2, 0) is 6.42 Å². The van der Waals surface area contributed by atoms with Gasteiger partial charge in [0.15, 0.2) is 0 Å². The number of halogens is 1. The Labute approximate surface area is 123 Å². The molecule has 1 aromatic carbocycles. The fourth-order valence-corrected chi connectivity index (χ4v) is 3.34. The van der Waals surface area contributed by atoms with Crippen LogP contribution in [-0.4, -0.2) is 28.4 Å². The second kappa shape index (κ2) is 5.64. The van der Waals surface area contributed by atoms with Crippen molar-refractivity contribution in [2.24, 2.45) is 0 Å². The number of nitrogens with one attached hydrogen (secondary N) is 2. The first-order chi connectivity index (χ1) is 8.99. The number of amides is 2. The lowest BCUT2D eigenvalue weighted by Crippen LogP contribution is -2.48. The first-order valence-corrected chi connectivity index (χ1v) is 6.83. The summed E-state index contributed by atoms with van der Waals surface area (Å²) in [6.45, 7) is 0. The number of carbonyl (C=O) groups is 2. The van der Waals surface area contributed by atoms with Crippen molar-refractivity contribution in [3.63, 3.8) is 0 Å². The Kier molecular flexibility index (Phi) is 4.13. The van der Waals surface area contributed by atoms with Gasteiger partial charge in [-0.25, -0.2) is 9.59 Å². The van der Waals surface area contributed by atoms with Crippen LogP contribution < -0.4 is 10.6 Å². The Morgan fingerprint density at radius 3 is 2.53 bits per heavy atom. The molecule has 102 valence electrons. The van der Waals surface area contributed by atoms with Crippen molar-refractivity contribution in [3.8, 4) is 0 Å². The lowest BCUT2D eigenvalue weighted by molar-refractivity contribution is 0.172. The topological polar surface area (TPSA) is 98.7 Å². The minimum absolute atomic E-state index is 0.447. The molecule has 1 aliphatic rings. The summed E-state index contributed by atoms with van der Waals surface area (Å²) in [7, 11) is 0. The molecule has 1 aromatic rings. The molecule has 0 fully saturated rings. The molecular weight excluding hydrogens is 363 g/mol. The Bertz CT molecular complexity index is 520. The standard InChI is InChI=1S/C12H13IN2O4/c13-7-3-1-2-6-4-5-8(14-11(16)17)10(9(6)7)15-12(18)19/h1-3,8,10,14-15H,4-5H2,(H,16,17)(H,18,19)/t8-,10-/m0/s1. The molecule has 0 heterocycles. The minimum Gasteiger partial charge on any atom is -0.465 e. The van der Waals surface area contributed by atoms with Crippen LogP contribution in [0.25, 0.3) is 0 Å². The highest BCUT2D eigenvalue weighted by Crippen LogP contribution is 2.33. The predicted molar refractivity (Wildman–Crippen MR) is 76.3 cm³/mol. The van der Waals surface area contributed by atoms with Crippen molar-refractivity contribution in [1.82, 2.24) is 10.6 Å². The van der Waals surface area contributed by atoms with Gasteiger partial charge in [-0.15, -0.1) is 0 Å². The molecule has 0 radical (unpaired) electrons. The molecule has 19 heavy (non-hydrogen) atoms. The van der Waals surface area contributed by atoms with Gasteiger partial charge in [-0.2, -0.15) is 0 Å². The quantitative estimate of drug-likeness (QED) is 0.595. The van der Waals surface area contributed by atoms with Crippen molar-refractivity contribution < 1.29 is 19.8 Å². The average molecular weight is 376 g/mol. The number of rotatable bonds is 2. The maximum absolute atomic E-state index is 10.9. The fraction of sp³-hybridized carbons (Fsp3) is 0.333. The molecule has 0 unspecified atom stereocenters. The summed E-state index contributed by atoms with van der Waals surface area (Å²) in [5.74, 6) is 0. The van der Waals surface area contributed by atoms with Gasteiger partial charge in [0.05, 0.1) is 12.1 Å². The van der Waals surface area contributed by atoms with Gasteiger partial charge in [0, 0.05) is 3.57 Å². The van der Waals surface area contributed by atoms with E-state index in [1.165, 1.54) is 0 Å². The first-order valence-electron chi connectivity index (χ1n) is 5.75. The zero-order chi connectivity index (χ0) is 14.0. The number of aryl methyl sites for hydroxylation is 1. The number of benzene rings is 1. The van der Waals surface area contributed by atoms with E-state index in [1.54, 1.807) is 0 Å². The molecule has 4 N–H and O–H groups in total. The molecule has 0 saturated heterocycles.